The van der Waals surface area contributed by atoms with E-state index in [2.05, 4.69) is 42.9 Å². The normalized spacial score (nSPS) is 28.8. The minimum Gasteiger partial charge on any atom is -0.312 e. The van der Waals surface area contributed by atoms with Gasteiger partial charge in [-0.3, -0.25) is 4.90 Å². The second-order valence-corrected chi connectivity index (χ2v) is 7.88. The van der Waals surface area contributed by atoms with Gasteiger partial charge in [0.15, 0.2) is 0 Å². The van der Waals surface area contributed by atoms with E-state index in [9.17, 15) is 0 Å². The van der Waals surface area contributed by atoms with Crippen LogP contribution in [0, 0.1) is 0 Å². The first kappa shape index (κ1) is 16.3. The summed E-state index contributed by atoms with van der Waals surface area (Å²) in [7, 11) is 2.34. The van der Waals surface area contributed by atoms with Crippen molar-refractivity contribution in [2.24, 2.45) is 0 Å². The first-order valence-corrected chi connectivity index (χ1v) is 8.65. The molecule has 118 valence electrons. The Balaban J connectivity index is 1.56. The molecule has 2 bridgehead atoms. The lowest BCUT2D eigenvalue weighted by molar-refractivity contribution is 0.216. The largest absolute Gasteiger partial charge is 0.312 e. The Morgan fingerprint density at radius 1 is 1.00 bits per heavy atom. The van der Waals surface area contributed by atoms with E-state index < -0.39 is 0 Å². The standard InChI is InChI=1S/C17H35N3/c1-17(2,3)18-11-6-5-7-12-20-13-10-15-8-9-16(14-20)19(15)4/h15-16,18H,5-14H2,1-4H3. The van der Waals surface area contributed by atoms with Crippen LogP contribution in [-0.2, 0) is 0 Å². The Morgan fingerprint density at radius 2 is 1.75 bits per heavy atom. The Bertz CT molecular complexity index is 284. The molecule has 2 heterocycles. The first-order valence-electron chi connectivity index (χ1n) is 8.65. The van der Waals surface area contributed by atoms with Crippen molar-refractivity contribution in [3.8, 4) is 0 Å². The van der Waals surface area contributed by atoms with Crippen LogP contribution in [0.2, 0.25) is 0 Å². The lowest BCUT2D eigenvalue weighted by Gasteiger charge is -2.25. The molecule has 0 aromatic carbocycles. The summed E-state index contributed by atoms with van der Waals surface area (Å²) in [5.41, 5.74) is 0.272. The molecule has 0 aliphatic carbocycles. The van der Waals surface area contributed by atoms with Crippen LogP contribution in [0.25, 0.3) is 0 Å². The fourth-order valence-electron chi connectivity index (χ4n) is 3.68. The second kappa shape index (κ2) is 7.24. The predicted molar refractivity (Wildman–Crippen MR) is 87.2 cm³/mol. The minimum atomic E-state index is 0.272. The molecule has 2 aliphatic heterocycles. The molecule has 2 saturated heterocycles. The molecule has 2 fully saturated rings. The van der Waals surface area contributed by atoms with Crippen LogP contribution in [0.5, 0.6) is 0 Å². The van der Waals surface area contributed by atoms with Crippen LogP contribution >= 0.6 is 0 Å². The van der Waals surface area contributed by atoms with Crippen molar-refractivity contribution in [1.82, 2.24) is 15.1 Å². The average molecular weight is 281 g/mol. The van der Waals surface area contributed by atoms with Crippen molar-refractivity contribution in [2.45, 2.75) is 76.9 Å². The number of hydrogen-bond donors (Lipinski definition) is 1. The highest BCUT2D eigenvalue weighted by Crippen LogP contribution is 2.28. The van der Waals surface area contributed by atoms with Crippen molar-refractivity contribution in [3.63, 3.8) is 0 Å². The number of unbranched alkanes of at least 4 members (excludes halogenated alkanes) is 2. The van der Waals surface area contributed by atoms with E-state index >= 15 is 0 Å². The maximum Gasteiger partial charge on any atom is 0.0223 e. The van der Waals surface area contributed by atoms with E-state index in [4.69, 9.17) is 0 Å². The van der Waals surface area contributed by atoms with E-state index in [1.165, 1.54) is 58.2 Å². The van der Waals surface area contributed by atoms with Crippen LogP contribution in [0.15, 0.2) is 0 Å². The lowest BCUT2D eigenvalue weighted by atomic mass is 10.1. The third-order valence-corrected chi connectivity index (χ3v) is 5.04. The summed E-state index contributed by atoms with van der Waals surface area (Å²) in [5.74, 6) is 0. The minimum absolute atomic E-state index is 0.272. The van der Waals surface area contributed by atoms with E-state index in [0.29, 0.717) is 0 Å². The Kier molecular flexibility index (Phi) is 5.88. The summed E-state index contributed by atoms with van der Waals surface area (Å²) < 4.78 is 0. The molecular formula is C17H35N3. The first-order chi connectivity index (χ1) is 9.46. The monoisotopic (exact) mass is 281 g/mol. The zero-order chi connectivity index (χ0) is 14.6. The molecule has 0 aromatic rings. The van der Waals surface area contributed by atoms with Crippen molar-refractivity contribution in [3.05, 3.63) is 0 Å². The van der Waals surface area contributed by atoms with Crippen molar-refractivity contribution < 1.29 is 0 Å². The van der Waals surface area contributed by atoms with Gasteiger partial charge in [0.2, 0.25) is 0 Å². The summed E-state index contributed by atoms with van der Waals surface area (Å²) in [6.07, 6.45) is 8.30. The molecule has 2 aliphatic rings. The Labute approximate surface area is 126 Å². The fraction of sp³-hybridized carbons (Fsp3) is 1.00. The van der Waals surface area contributed by atoms with Gasteiger partial charge >= 0.3 is 0 Å². The Morgan fingerprint density at radius 3 is 2.50 bits per heavy atom. The summed E-state index contributed by atoms with van der Waals surface area (Å²) in [6, 6.07) is 1.71. The van der Waals surface area contributed by atoms with Gasteiger partial charge in [-0.05, 0) is 79.6 Å². The van der Waals surface area contributed by atoms with Gasteiger partial charge in [0, 0.05) is 24.2 Å². The summed E-state index contributed by atoms with van der Waals surface area (Å²) in [6.45, 7) is 11.9. The van der Waals surface area contributed by atoms with Gasteiger partial charge in [0.25, 0.3) is 0 Å². The smallest absolute Gasteiger partial charge is 0.0223 e. The molecule has 20 heavy (non-hydrogen) atoms. The number of nitrogens with one attached hydrogen (secondary N) is 1. The molecule has 2 unspecified atom stereocenters. The number of nitrogens with zero attached hydrogens (tertiary/aromatic N) is 2. The van der Waals surface area contributed by atoms with Crippen molar-refractivity contribution >= 4 is 0 Å². The third-order valence-electron chi connectivity index (χ3n) is 5.04. The van der Waals surface area contributed by atoms with Gasteiger partial charge in [0.05, 0.1) is 0 Å². The van der Waals surface area contributed by atoms with Crippen LogP contribution < -0.4 is 5.32 Å². The number of fused-ring (bicyclic) bond motifs is 2. The zero-order valence-corrected chi connectivity index (χ0v) is 14.1. The average Bonchev–Trinajstić information content (AvgIpc) is 2.59. The third kappa shape index (κ3) is 5.01. The molecule has 3 nitrogen and oxygen atoms in total. The number of rotatable bonds is 6. The van der Waals surface area contributed by atoms with Gasteiger partial charge in [-0.25, -0.2) is 0 Å². The van der Waals surface area contributed by atoms with Crippen LogP contribution in [0.1, 0.15) is 59.3 Å². The van der Waals surface area contributed by atoms with Crippen molar-refractivity contribution in [1.29, 1.82) is 0 Å². The summed E-state index contributed by atoms with van der Waals surface area (Å²) >= 11 is 0. The van der Waals surface area contributed by atoms with Crippen LogP contribution in [-0.4, -0.2) is 60.6 Å². The molecule has 0 radical (unpaired) electrons. The van der Waals surface area contributed by atoms with Gasteiger partial charge in [0.1, 0.15) is 0 Å². The summed E-state index contributed by atoms with van der Waals surface area (Å²) in [5, 5.41) is 3.58. The van der Waals surface area contributed by atoms with Crippen molar-refractivity contribution in [2.75, 3.05) is 33.2 Å². The van der Waals surface area contributed by atoms with Crippen LogP contribution in [0.3, 0.4) is 0 Å². The highest BCUT2D eigenvalue weighted by atomic mass is 15.3. The highest BCUT2D eigenvalue weighted by Gasteiger charge is 2.34. The molecule has 0 spiro atoms. The number of likely N-dealkylation sites (tertiary alicyclic amines) is 1. The van der Waals surface area contributed by atoms with E-state index in [1.54, 1.807) is 0 Å². The van der Waals surface area contributed by atoms with Crippen LogP contribution in [0.4, 0.5) is 0 Å². The molecule has 0 amide bonds. The van der Waals surface area contributed by atoms with Gasteiger partial charge in [-0.2, -0.15) is 0 Å². The van der Waals surface area contributed by atoms with E-state index in [1.807, 2.05) is 0 Å². The van der Waals surface area contributed by atoms with Gasteiger partial charge < -0.3 is 10.2 Å². The molecule has 2 rings (SSSR count). The molecule has 0 saturated carbocycles. The fourth-order valence-corrected chi connectivity index (χ4v) is 3.68. The van der Waals surface area contributed by atoms with Gasteiger partial charge in [-0.1, -0.05) is 6.42 Å². The zero-order valence-electron chi connectivity index (χ0n) is 14.1. The number of hydrogen-bond acceptors (Lipinski definition) is 3. The Hall–Kier alpha value is -0.120. The maximum absolute atomic E-state index is 3.58. The molecule has 2 atom stereocenters. The van der Waals surface area contributed by atoms with Gasteiger partial charge in [-0.15, -0.1) is 0 Å². The molecule has 0 aromatic heterocycles. The quantitative estimate of drug-likeness (QED) is 0.755. The highest BCUT2D eigenvalue weighted by molar-refractivity contribution is 4.90. The second-order valence-electron chi connectivity index (χ2n) is 7.88. The van der Waals surface area contributed by atoms with E-state index in [-0.39, 0.29) is 5.54 Å². The SMILES string of the molecule is CN1C2CCC1CN(CCCCCNC(C)(C)C)CC2. The lowest BCUT2D eigenvalue weighted by Crippen LogP contribution is -2.37. The predicted octanol–water partition coefficient (Wildman–Crippen LogP) is 2.71. The molecule has 3 heteroatoms. The summed E-state index contributed by atoms with van der Waals surface area (Å²) in [4.78, 5) is 5.37. The topological polar surface area (TPSA) is 18.5 Å². The molecule has 1 N–H and O–H groups in total. The molecular weight excluding hydrogens is 246 g/mol. The van der Waals surface area contributed by atoms with E-state index in [0.717, 1.165) is 18.6 Å². The number of likely N-dealkylation sites (N-methyl/N-ethyl adjacent to an activating group) is 1. The maximum atomic E-state index is 3.58.